The summed E-state index contributed by atoms with van der Waals surface area (Å²) in [6, 6.07) is 3.86. The lowest BCUT2D eigenvalue weighted by molar-refractivity contribution is -0.148. The van der Waals surface area contributed by atoms with Gasteiger partial charge in [-0.2, -0.15) is 5.10 Å². The van der Waals surface area contributed by atoms with Gasteiger partial charge in [0.05, 0.1) is 35.3 Å². The highest BCUT2D eigenvalue weighted by Gasteiger charge is 2.39. The molecule has 0 saturated carbocycles. The van der Waals surface area contributed by atoms with Crippen molar-refractivity contribution in [1.82, 2.24) is 20.2 Å². The zero-order chi connectivity index (χ0) is 20.2. The number of methoxy groups -OCH3 is 1. The highest BCUT2D eigenvalue weighted by atomic mass is 32.1. The molecule has 3 heterocycles. The SMILES string of the molecule is COc1cc2[nH]ncc2cc1Nc1ncnc2sc3c(c12)CC[C@](C)(C(=O)O)C3. The number of ether oxygens (including phenoxy) is 1. The first kappa shape index (κ1) is 17.9. The van der Waals surface area contributed by atoms with Crippen LogP contribution >= 0.6 is 11.3 Å². The highest BCUT2D eigenvalue weighted by molar-refractivity contribution is 7.19. The van der Waals surface area contributed by atoms with Crippen LogP contribution in [0.5, 0.6) is 5.75 Å². The summed E-state index contributed by atoms with van der Waals surface area (Å²) >= 11 is 1.56. The summed E-state index contributed by atoms with van der Waals surface area (Å²) in [4.78, 5) is 22.6. The van der Waals surface area contributed by atoms with Gasteiger partial charge in [-0.15, -0.1) is 11.3 Å². The Bertz CT molecular complexity index is 1260. The molecule has 0 spiro atoms. The molecule has 1 atom stereocenters. The quantitative estimate of drug-likeness (QED) is 0.468. The second-order valence-electron chi connectivity index (χ2n) is 7.58. The van der Waals surface area contributed by atoms with Crippen molar-refractivity contribution in [3.8, 4) is 5.75 Å². The molecule has 5 rings (SSSR count). The number of hydrogen-bond acceptors (Lipinski definition) is 7. The lowest BCUT2D eigenvalue weighted by atomic mass is 9.75. The number of fused-ring (bicyclic) bond motifs is 4. The molecule has 1 aliphatic carbocycles. The van der Waals surface area contributed by atoms with Gasteiger partial charge in [0, 0.05) is 16.3 Å². The topological polar surface area (TPSA) is 113 Å². The summed E-state index contributed by atoms with van der Waals surface area (Å²) in [5.74, 6) is 0.631. The second kappa shape index (κ2) is 6.41. The number of carboxylic acid groups (broad SMARTS) is 1. The van der Waals surface area contributed by atoms with Crippen LogP contribution in [0.1, 0.15) is 23.8 Å². The van der Waals surface area contributed by atoms with E-state index < -0.39 is 11.4 Å². The van der Waals surface area contributed by atoms with Gasteiger partial charge in [0.2, 0.25) is 0 Å². The molecule has 0 saturated heterocycles. The Labute approximate surface area is 169 Å². The van der Waals surface area contributed by atoms with Gasteiger partial charge < -0.3 is 15.2 Å². The van der Waals surface area contributed by atoms with E-state index in [0.717, 1.165) is 37.2 Å². The molecule has 0 aliphatic heterocycles. The molecule has 9 heteroatoms. The average molecular weight is 409 g/mol. The number of carboxylic acids is 1. The van der Waals surface area contributed by atoms with Crippen molar-refractivity contribution in [2.24, 2.45) is 5.41 Å². The summed E-state index contributed by atoms with van der Waals surface area (Å²) in [6.45, 7) is 1.82. The third-order valence-corrected chi connectivity index (χ3v) is 6.82. The summed E-state index contributed by atoms with van der Waals surface area (Å²) in [7, 11) is 1.62. The molecule has 1 aromatic carbocycles. The first-order valence-corrected chi connectivity index (χ1v) is 10.1. The molecule has 148 valence electrons. The van der Waals surface area contributed by atoms with Crippen LogP contribution < -0.4 is 10.1 Å². The lowest BCUT2D eigenvalue weighted by Crippen LogP contribution is -2.33. The number of carbonyl (C=O) groups is 1. The smallest absolute Gasteiger partial charge is 0.309 e. The van der Waals surface area contributed by atoms with Gasteiger partial charge in [0.25, 0.3) is 0 Å². The summed E-state index contributed by atoms with van der Waals surface area (Å²) in [5, 5.41) is 22.0. The molecule has 0 amide bonds. The van der Waals surface area contributed by atoms with Crippen LogP contribution in [-0.2, 0) is 17.6 Å². The summed E-state index contributed by atoms with van der Waals surface area (Å²) in [5.41, 5.74) is 2.09. The molecule has 0 bridgehead atoms. The van der Waals surface area contributed by atoms with Crippen LogP contribution in [0, 0.1) is 5.41 Å². The van der Waals surface area contributed by atoms with Crippen LogP contribution in [0.25, 0.3) is 21.1 Å². The van der Waals surface area contributed by atoms with Crippen molar-refractivity contribution < 1.29 is 14.6 Å². The second-order valence-corrected chi connectivity index (χ2v) is 8.67. The Morgan fingerprint density at radius 3 is 3.03 bits per heavy atom. The Kier molecular flexibility index (Phi) is 3.95. The van der Waals surface area contributed by atoms with Gasteiger partial charge in [-0.3, -0.25) is 9.89 Å². The Hall–Kier alpha value is -3.20. The predicted molar refractivity (Wildman–Crippen MR) is 111 cm³/mol. The molecule has 3 aromatic heterocycles. The number of rotatable bonds is 4. The van der Waals surface area contributed by atoms with E-state index in [9.17, 15) is 9.90 Å². The predicted octanol–water partition coefficient (Wildman–Crippen LogP) is 3.90. The van der Waals surface area contributed by atoms with Crippen molar-refractivity contribution in [1.29, 1.82) is 0 Å². The number of aliphatic carboxylic acids is 1. The number of anilines is 2. The Morgan fingerprint density at radius 1 is 1.38 bits per heavy atom. The van der Waals surface area contributed by atoms with E-state index in [0.29, 0.717) is 30.8 Å². The highest BCUT2D eigenvalue weighted by Crippen LogP contribution is 2.45. The number of aromatic amines is 1. The van der Waals surface area contributed by atoms with Gasteiger partial charge in [-0.25, -0.2) is 9.97 Å². The standard InChI is InChI=1S/C20H19N5O3S/c1-20(19(26)27)4-3-11-15(7-20)29-18-16(11)17(21-9-22-18)24-13-5-10-8-23-25-12(10)6-14(13)28-2/h5-6,8-9H,3-4,7H2,1-2H3,(H,23,25)(H,26,27)(H,21,22,24)/t20-/m0/s1. The average Bonchev–Trinajstić information content (AvgIpc) is 3.30. The Morgan fingerprint density at radius 2 is 2.24 bits per heavy atom. The van der Waals surface area contributed by atoms with Crippen molar-refractivity contribution in [3.63, 3.8) is 0 Å². The van der Waals surface area contributed by atoms with Gasteiger partial charge in [-0.05, 0) is 37.8 Å². The molecule has 29 heavy (non-hydrogen) atoms. The minimum atomic E-state index is -0.747. The molecule has 0 fully saturated rings. The number of hydrogen-bond donors (Lipinski definition) is 3. The van der Waals surface area contributed by atoms with Crippen molar-refractivity contribution >= 4 is 49.9 Å². The Balaban J connectivity index is 1.60. The first-order valence-electron chi connectivity index (χ1n) is 9.25. The van der Waals surface area contributed by atoms with Crippen LogP contribution in [-0.4, -0.2) is 38.4 Å². The maximum absolute atomic E-state index is 11.7. The molecule has 4 aromatic rings. The van der Waals surface area contributed by atoms with E-state index in [4.69, 9.17) is 4.74 Å². The number of H-pyrrole nitrogens is 1. The zero-order valence-corrected chi connectivity index (χ0v) is 16.8. The number of thiophene rings is 1. The van der Waals surface area contributed by atoms with Crippen molar-refractivity contribution in [2.45, 2.75) is 26.2 Å². The maximum Gasteiger partial charge on any atom is 0.309 e. The van der Waals surface area contributed by atoms with E-state index in [-0.39, 0.29) is 0 Å². The van der Waals surface area contributed by atoms with E-state index in [1.165, 1.54) is 6.33 Å². The van der Waals surface area contributed by atoms with Gasteiger partial charge in [0.1, 0.15) is 22.7 Å². The number of nitrogens with one attached hydrogen (secondary N) is 2. The molecular formula is C20H19N5O3S. The van der Waals surface area contributed by atoms with Crippen LogP contribution in [0.3, 0.4) is 0 Å². The van der Waals surface area contributed by atoms with E-state index in [1.54, 1.807) is 24.6 Å². The molecule has 1 aliphatic rings. The van der Waals surface area contributed by atoms with Crippen LogP contribution in [0.15, 0.2) is 24.7 Å². The summed E-state index contributed by atoms with van der Waals surface area (Å²) in [6.07, 6.45) is 5.10. The van der Waals surface area contributed by atoms with E-state index >= 15 is 0 Å². The number of nitrogens with zero attached hydrogens (tertiary/aromatic N) is 3. The van der Waals surface area contributed by atoms with Gasteiger partial charge >= 0.3 is 5.97 Å². The molecular weight excluding hydrogens is 390 g/mol. The van der Waals surface area contributed by atoms with E-state index in [1.807, 2.05) is 19.1 Å². The van der Waals surface area contributed by atoms with Crippen LogP contribution in [0.4, 0.5) is 11.5 Å². The van der Waals surface area contributed by atoms with E-state index in [2.05, 4.69) is 25.5 Å². The van der Waals surface area contributed by atoms with Gasteiger partial charge in [-0.1, -0.05) is 0 Å². The lowest BCUT2D eigenvalue weighted by Gasteiger charge is -2.29. The maximum atomic E-state index is 11.7. The van der Waals surface area contributed by atoms with Gasteiger partial charge in [0.15, 0.2) is 0 Å². The fourth-order valence-corrected chi connectivity index (χ4v) is 5.30. The largest absolute Gasteiger partial charge is 0.494 e. The van der Waals surface area contributed by atoms with Crippen LogP contribution in [0.2, 0.25) is 0 Å². The fourth-order valence-electron chi connectivity index (χ4n) is 3.93. The third kappa shape index (κ3) is 2.80. The summed E-state index contributed by atoms with van der Waals surface area (Å²) < 4.78 is 5.54. The third-order valence-electron chi connectivity index (χ3n) is 5.68. The number of benzene rings is 1. The minimum absolute atomic E-state index is 0.516. The van der Waals surface area contributed by atoms with Crippen molar-refractivity contribution in [2.75, 3.05) is 12.4 Å². The zero-order valence-electron chi connectivity index (χ0n) is 15.9. The number of aromatic nitrogens is 4. The molecule has 0 radical (unpaired) electrons. The normalized spacial score (nSPS) is 18.7. The molecule has 8 nitrogen and oxygen atoms in total. The minimum Gasteiger partial charge on any atom is -0.494 e. The first-order chi connectivity index (χ1) is 14.0. The fraction of sp³-hybridized carbons (Fsp3) is 0.300. The number of aryl methyl sites for hydroxylation is 1. The molecule has 3 N–H and O–H groups in total. The molecule has 0 unspecified atom stereocenters. The monoisotopic (exact) mass is 409 g/mol. The van der Waals surface area contributed by atoms with Crippen molar-refractivity contribution in [3.05, 3.63) is 35.1 Å².